The Hall–Kier alpha value is -2.38. The first kappa shape index (κ1) is 20.9. The molecule has 0 aromatic heterocycles. The molecule has 0 fully saturated rings. The Morgan fingerprint density at radius 3 is 2.11 bits per heavy atom. The van der Waals surface area contributed by atoms with Gasteiger partial charge in [0, 0.05) is 32.9 Å². The molecule has 1 unspecified atom stereocenters. The van der Waals surface area contributed by atoms with E-state index in [0.717, 1.165) is 29.2 Å². The van der Waals surface area contributed by atoms with Crippen molar-refractivity contribution in [1.29, 1.82) is 0 Å². The summed E-state index contributed by atoms with van der Waals surface area (Å²) in [7, 11) is -0.0833. The van der Waals surface area contributed by atoms with Crippen LogP contribution in [0.25, 0.3) is 0 Å². The van der Waals surface area contributed by atoms with Crippen LogP contribution in [0.2, 0.25) is 0 Å². The van der Waals surface area contributed by atoms with Gasteiger partial charge in [-0.2, -0.15) is 4.31 Å². The van der Waals surface area contributed by atoms with Gasteiger partial charge in [0.1, 0.15) is 6.04 Å². The fourth-order valence-electron chi connectivity index (χ4n) is 2.79. The molecule has 0 saturated carbocycles. The van der Waals surface area contributed by atoms with Crippen LogP contribution in [0.1, 0.15) is 18.0 Å². The summed E-state index contributed by atoms with van der Waals surface area (Å²) in [6, 6.07) is 18.1. The van der Waals surface area contributed by atoms with E-state index in [2.05, 4.69) is 10.2 Å². The number of carbonyl (C=O) groups excluding carboxylic acids is 1. The second-order valence-electron chi connectivity index (χ2n) is 6.49. The van der Waals surface area contributed by atoms with Gasteiger partial charge in [-0.3, -0.25) is 4.79 Å². The Morgan fingerprint density at radius 2 is 1.56 bits per heavy atom. The fraction of sp³-hybridized carbons (Fsp3) is 0.350. The summed E-state index contributed by atoms with van der Waals surface area (Å²) >= 11 is 0. The molecule has 0 saturated heterocycles. The van der Waals surface area contributed by atoms with Crippen LogP contribution in [0.3, 0.4) is 0 Å². The fourth-order valence-corrected chi connectivity index (χ4v) is 3.39. The number of hydrogen-bond acceptors (Lipinski definition) is 4. The van der Waals surface area contributed by atoms with E-state index in [1.54, 1.807) is 24.3 Å². The molecule has 7 heteroatoms. The molecule has 0 radical (unpaired) electrons. The molecule has 1 N–H and O–H groups in total. The number of para-hydroxylation sites is 1. The van der Waals surface area contributed by atoms with Crippen molar-refractivity contribution in [3.05, 3.63) is 66.2 Å². The van der Waals surface area contributed by atoms with E-state index in [1.165, 1.54) is 7.05 Å². The van der Waals surface area contributed by atoms with E-state index in [-0.39, 0.29) is 5.91 Å². The predicted octanol–water partition coefficient (Wildman–Crippen LogP) is 2.26. The van der Waals surface area contributed by atoms with E-state index in [9.17, 15) is 13.2 Å². The molecule has 0 heterocycles. The molecular weight excluding hydrogens is 362 g/mol. The largest absolute Gasteiger partial charge is 0.375 e. The van der Waals surface area contributed by atoms with Crippen LogP contribution in [0, 0.1) is 0 Å². The molecule has 0 aliphatic carbocycles. The number of likely N-dealkylation sites (N-methyl/N-ethyl adjacent to an activating group) is 1. The normalized spacial score (nSPS) is 12.6. The third kappa shape index (κ3) is 6.08. The molecule has 27 heavy (non-hydrogen) atoms. The zero-order valence-corrected chi connectivity index (χ0v) is 16.8. The molecule has 2 aromatic carbocycles. The number of anilines is 1. The highest BCUT2D eigenvalue weighted by Crippen LogP contribution is 2.21. The summed E-state index contributed by atoms with van der Waals surface area (Å²) in [5.41, 5.74) is 1.76. The van der Waals surface area contributed by atoms with Gasteiger partial charge in [0.05, 0.1) is 6.26 Å². The Kier molecular flexibility index (Phi) is 7.38. The highest BCUT2D eigenvalue weighted by molar-refractivity contribution is 7.88. The van der Waals surface area contributed by atoms with E-state index >= 15 is 0 Å². The van der Waals surface area contributed by atoms with Crippen LogP contribution in [0.15, 0.2) is 60.7 Å². The molecule has 0 spiro atoms. The topological polar surface area (TPSA) is 69.7 Å². The minimum atomic E-state index is -3.51. The smallest absolute Gasteiger partial charge is 0.242 e. The van der Waals surface area contributed by atoms with Gasteiger partial charge in [0.2, 0.25) is 15.9 Å². The molecular formula is C20H27N3O3S. The highest BCUT2D eigenvalue weighted by atomic mass is 32.2. The van der Waals surface area contributed by atoms with Crippen molar-refractivity contribution in [3.8, 4) is 0 Å². The summed E-state index contributed by atoms with van der Waals surface area (Å²) in [6.45, 7) is 1.25. The summed E-state index contributed by atoms with van der Waals surface area (Å²) in [4.78, 5) is 14.8. The van der Waals surface area contributed by atoms with Crippen molar-refractivity contribution >= 4 is 21.6 Å². The van der Waals surface area contributed by atoms with Crippen LogP contribution in [0.5, 0.6) is 0 Å². The number of nitrogens with one attached hydrogen (secondary N) is 1. The first-order valence-corrected chi connectivity index (χ1v) is 10.7. The van der Waals surface area contributed by atoms with Crippen molar-refractivity contribution in [2.75, 3.05) is 38.3 Å². The minimum Gasteiger partial charge on any atom is -0.375 e. The maximum absolute atomic E-state index is 12.7. The molecule has 0 bridgehead atoms. The lowest BCUT2D eigenvalue weighted by Gasteiger charge is -2.26. The van der Waals surface area contributed by atoms with Gasteiger partial charge in [0.15, 0.2) is 0 Å². The van der Waals surface area contributed by atoms with Gasteiger partial charge in [-0.05, 0) is 24.1 Å². The number of amides is 1. The molecule has 1 amide bonds. The first-order chi connectivity index (χ1) is 12.8. The van der Waals surface area contributed by atoms with Gasteiger partial charge in [-0.15, -0.1) is 0 Å². The zero-order valence-electron chi connectivity index (χ0n) is 16.0. The third-order valence-electron chi connectivity index (χ3n) is 4.42. The molecule has 0 aliphatic heterocycles. The minimum absolute atomic E-state index is 0.323. The van der Waals surface area contributed by atoms with Gasteiger partial charge >= 0.3 is 0 Å². The number of rotatable bonds is 9. The maximum atomic E-state index is 12.7. The lowest BCUT2D eigenvalue weighted by atomic mass is 10.1. The quantitative estimate of drug-likeness (QED) is 0.668. The Bertz CT molecular complexity index is 826. The monoisotopic (exact) mass is 389 g/mol. The second kappa shape index (κ2) is 9.53. The van der Waals surface area contributed by atoms with Gasteiger partial charge in [0.25, 0.3) is 0 Å². The summed E-state index contributed by atoms with van der Waals surface area (Å²) in [5, 5.41) is 2.87. The predicted molar refractivity (Wildman–Crippen MR) is 109 cm³/mol. The number of benzene rings is 2. The van der Waals surface area contributed by atoms with Crippen LogP contribution >= 0.6 is 0 Å². The van der Waals surface area contributed by atoms with Gasteiger partial charge in [-0.1, -0.05) is 48.5 Å². The second-order valence-corrected chi connectivity index (χ2v) is 8.54. The Balaban J connectivity index is 1.96. The number of nitrogens with zero attached hydrogens (tertiary/aromatic N) is 2. The van der Waals surface area contributed by atoms with Crippen LogP contribution in [-0.2, 0) is 14.8 Å². The number of carbonyl (C=O) groups is 1. The van der Waals surface area contributed by atoms with Crippen LogP contribution < -0.4 is 10.2 Å². The highest BCUT2D eigenvalue weighted by Gasteiger charge is 2.30. The van der Waals surface area contributed by atoms with Gasteiger partial charge < -0.3 is 10.2 Å². The molecule has 146 valence electrons. The molecule has 2 rings (SSSR count). The van der Waals surface area contributed by atoms with E-state index < -0.39 is 16.1 Å². The van der Waals surface area contributed by atoms with Crippen molar-refractivity contribution in [1.82, 2.24) is 9.62 Å². The first-order valence-electron chi connectivity index (χ1n) is 8.82. The molecule has 6 nitrogen and oxygen atoms in total. The Labute approximate surface area is 161 Å². The lowest BCUT2D eigenvalue weighted by molar-refractivity contribution is -0.124. The number of hydrogen-bond donors (Lipinski definition) is 1. The van der Waals surface area contributed by atoms with Crippen LogP contribution in [0.4, 0.5) is 5.69 Å². The average Bonchev–Trinajstić information content (AvgIpc) is 2.66. The molecule has 2 aromatic rings. The summed E-state index contributed by atoms with van der Waals surface area (Å²) < 4.78 is 25.0. The maximum Gasteiger partial charge on any atom is 0.242 e. The lowest BCUT2D eigenvalue weighted by Crippen LogP contribution is -2.41. The summed E-state index contributed by atoms with van der Waals surface area (Å²) in [6.07, 6.45) is 1.85. The Morgan fingerprint density at radius 1 is 1.00 bits per heavy atom. The van der Waals surface area contributed by atoms with Crippen LogP contribution in [-0.4, -0.2) is 52.1 Å². The molecule has 1 atom stereocenters. The number of sulfonamides is 1. The van der Waals surface area contributed by atoms with Crippen molar-refractivity contribution < 1.29 is 13.2 Å². The van der Waals surface area contributed by atoms with E-state index in [4.69, 9.17) is 0 Å². The van der Waals surface area contributed by atoms with Crippen molar-refractivity contribution in [3.63, 3.8) is 0 Å². The SMILES string of the molecule is CN(CCCNC(=O)C(c1ccccc1)N(C)S(C)(=O)=O)c1ccccc1. The molecule has 0 aliphatic rings. The zero-order chi connectivity index (χ0) is 19.9. The summed E-state index contributed by atoms with van der Waals surface area (Å²) in [5.74, 6) is -0.323. The van der Waals surface area contributed by atoms with Gasteiger partial charge in [-0.25, -0.2) is 8.42 Å². The van der Waals surface area contributed by atoms with E-state index in [0.29, 0.717) is 12.1 Å². The van der Waals surface area contributed by atoms with E-state index in [1.807, 2.05) is 43.4 Å². The average molecular weight is 390 g/mol. The van der Waals surface area contributed by atoms with Crippen molar-refractivity contribution in [2.45, 2.75) is 12.5 Å². The third-order valence-corrected chi connectivity index (χ3v) is 5.67. The van der Waals surface area contributed by atoms with Crippen molar-refractivity contribution in [2.24, 2.45) is 0 Å². The standard InChI is InChI=1S/C20H27N3O3S/c1-22(18-13-8-5-9-14-18)16-10-15-21-20(24)19(23(2)27(3,25)26)17-11-6-4-7-12-17/h4-9,11-14,19H,10,15-16H2,1-3H3,(H,21,24).